The fourth-order valence-corrected chi connectivity index (χ4v) is 3.97. The molecule has 0 atom stereocenters. The first-order valence-corrected chi connectivity index (χ1v) is 9.68. The Hall–Kier alpha value is 0.250. The quantitative estimate of drug-likeness (QED) is 0.383. The molecule has 0 aromatic rings. The number of rotatable bonds is 12. The van der Waals surface area contributed by atoms with Crippen LogP contribution in [-0.4, -0.2) is 30.7 Å². The molecule has 0 spiro atoms. The monoisotopic (exact) mass is 317 g/mol. The second kappa shape index (κ2) is 13.9. The predicted molar refractivity (Wildman–Crippen MR) is 91.1 cm³/mol. The molecular weight excluding hydrogens is 278 g/mol. The maximum atomic E-state index is 2.37. The van der Waals surface area contributed by atoms with E-state index in [1.54, 1.807) is 0 Å². The molecule has 0 N–H and O–H groups in total. The Balaban J connectivity index is 0.00000400. The molecule has 1 aliphatic rings. The van der Waals surface area contributed by atoms with Crippen molar-refractivity contribution in [3.63, 3.8) is 0 Å². The zero-order chi connectivity index (χ0) is 14.5. The Bertz CT molecular complexity index is 206. The van der Waals surface area contributed by atoms with E-state index in [2.05, 4.69) is 13.8 Å². The van der Waals surface area contributed by atoms with Gasteiger partial charge in [0.25, 0.3) is 0 Å². The Labute approximate surface area is 140 Å². The van der Waals surface area contributed by atoms with Crippen molar-refractivity contribution >= 4 is 0 Å². The van der Waals surface area contributed by atoms with Crippen molar-refractivity contribution in [3.05, 3.63) is 0 Å². The Morgan fingerprint density at radius 1 is 0.571 bits per heavy atom. The predicted octanol–water partition coefficient (Wildman–Crippen LogP) is 2.93. The van der Waals surface area contributed by atoms with Crippen molar-refractivity contribution in [1.29, 1.82) is 0 Å². The molecule has 0 unspecified atom stereocenters. The van der Waals surface area contributed by atoms with E-state index >= 15 is 0 Å². The fraction of sp³-hybridized carbons (Fsp3) is 1.00. The van der Waals surface area contributed by atoms with E-state index in [0.717, 1.165) is 0 Å². The summed E-state index contributed by atoms with van der Waals surface area (Å²) in [6, 6.07) is 0. The first-order chi connectivity index (χ1) is 9.83. The van der Waals surface area contributed by atoms with Crippen LogP contribution in [0.1, 0.15) is 97.3 Å². The number of hydrogen-bond acceptors (Lipinski definition) is 0. The Kier molecular flexibility index (Phi) is 14.0. The largest absolute Gasteiger partial charge is 1.00 e. The summed E-state index contributed by atoms with van der Waals surface area (Å²) in [5.41, 5.74) is 0. The third-order valence-electron chi connectivity index (χ3n) is 5.20. The van der Waals surface area contributed by atoms with E-state index in [4.69, 9.17) is 0 Å². The van der Waals surface area contributed by atoms with Crippen molar-refractivity contribution < 1.29 is 16.9 Å². The minimum Gasteiger partial charge on any atom is -1.00 e. The number of hydrogen-bond donors (Lipinski definition) is 0. The van der Waals surface area contributed by atoms with Crippen LogP contribution in [0.2, 0.25) is 0 Å². The zero-order valence-electron chi connectivity index (χ0n) is 14.8. The molecule has 2 heteroatoms. The first kappa shape index (κ1) is 21.2. The van der Waals surface area contributed by atoms with E-state index in [0.29, 0.717) is 0 Å². The highest BCUT2D eigenvalue weighted by molar-refractivity contribution is 4.55. The van der Waals surface area contributed by atoms with Crippen LogP contribution in [-0.2, 0) is 0 Å². The highest BCUT2D eigenvalue weighted by Gasteiger charge is 2.27. The van der Waals surface area contributed by atoms with Crippen molar-refractivity contribution in [2.45, 2.75) is 97.3 Å². The topological polar surface area (TPSA) is 0 Å². The average molecular weight is 318 g/mol. The molecule has 0 saturated carbocycles. The van der Waals surface area contributed by atoms with E-state index in [9.17, 15) is 0 Å². The number of quaternary nitrogens is 1. The Morgan fingerprint density at radius 3 is 1.62 bits per heavy atom. The van der Waals surface area contributed by atoms with Gasteiger partial charge in [0.2, 0.25) is 0 Å². The van der Waals surface area contributed by atoms with Crippen molar-refractivity contribution in [2.75, 3.05) is 26.2 Å². The number of likely N-dealkylation sites (tertiary alicyclic amines) is 1. The van der Waals surface area contributed by atoms with Crippen molar-refractivity contribution in [2.24, 2.45) is 0 Å². The van der Waals surface area contributed by atoms with E-state index < -0.39 is 0 Å². The molecular formula is C19H40ClN. The minimum atomic E-state index is 0. The summed E-state index contributed by atoms with van der Waals surface area (Å²) in [6.45, 7) is 10.5. The summed E-state index contributed by atoms with van der Waals surface area (Å²) in [6.07, 6.45) is 19.0. The minimum absolute atomic E-state index is 0. The summed E-state index contributed by atoms with van der Waals surface area (Å²) >= 11 is 0. The number of halogens is 1. The van der Waals surface area contributed by atoms with Crippen LogP contribution in [0, 0.1) is 0 Å². The molecule has 0 aliphatic carbocycles. The summed E-state index contributed by atoms with van der Waals surface area (Å²) < 4.78 is 1.47. The molecule has 1 heterocycles. The van der Waals surface area contributed by atoms with Crippen LogP contribution in [0.5, 0.6) is 0 Å². The SMILES string of the molecule is CCCCCCCCCCC[N+]1(CCC)CCCCC1.[Cl-]. The van der Waals surface area contributed by atoms with Gasteiger partial charge in [-0.25, -0.2) is 0 Å². The molecule has 0 radical (unpaired) electrons. The van der Waals surface area contributed by atoms with Gasteiger partial charge >= 0.3 is 0 Å². The molecule has 1 rings (SSSR count). The fourth-order valence-electron chi connectivity index (χ4n) is 3.97. The molecule has 1 nitrogen and oxygen atoms in total. The summed E-state index contributed by atoms with van der Waals surface area (Å²) in [5.74, 6) is 0. The van der Waals surface area contributed by atoms with Crippen molar-refractivity contribution in [1.82, 2.24) is 0 Å². The molecule has 0 bridgehead atoms. The van der Waals surface area contributed by atoms with Crippen LogP contribution < -0.4 is 12.4 Å². The van der Waals surface area contributed by atoms with Gasteiger partial charge < -0.3 is 16.9 Å². The lowest BCUT2D eigenvalue weighted by Crippen LogP contribution is -3.00. The molecule has 1 saturated heterocycles. The lowest BCUT2D eigenvalue weighted by molar-refractivity contribution is -0.932. The zero-order valence-corrected chi connectivity index (χ0v) is 15.6. The molecule has 21 heavy (non-hydrogen) atoms. The smallest absolute Gasteiger partial charge is 0.0786 e. The van der Waals surface area contributed by atoms with Gasteiger partial charge in [0.05, 0.1) is 26.2 Å². The molecule has 0 amide bonds. The standard InChI is InChI=1S/C19H40N.ClH/c1-3-5-6-7-8-9-10-11-13-17-20(16-4-2)18-14-12-15-19-20;/h3-19H2,1-2H3;1H/q+1;/p-1. The van der Waals surface area contributed by atoms with Gasteiger partial charge in [-0.3, -0.25) is 0 Å². The maximum absolute atomic E-state index is 2.37. The molecule has 0 aromatic carbocycles. The molecule has 0 aromatic heterocycles. The van der Waals surface area contributed by atoms with E-state index in [1.165, 1.54) is 114 Å². The van der Waals surface area contributed by atoms with Crippen molar-refractivity contribution in [3.8, 4) is 0 Å². The first-order valence-electron chi connectivity index (χ1n) is 9.68. The van der Waals surface area contributed by atoms with Gasteiger partial charge in [0, 0.05) is 0 Å². The normalized spacial score (nSPS) is 17.4. The number of piperidine rings is 1. The van der Waals surface area contributed by atoms with Crippen LogP contribution in [0.25, 0.3) is 0 Å². The summed E-state index contributed by atoms with van der Waals surface area (Å²) in [7, 11) is 0. The van der Waals surface area contributed by atoms with Crippen LogP contribution in [0.4, 0.5) is 0 Å². The highest BCUT2D eigenvalue weighted by Crippen LogP contribution is 2.21. The molecule has 1 fully saturated rings. The van der Waals surface area contributed by atoms with Gasteiger partial charge in [-0.1, -0.05) is 58.8 Å². The lowest BCUT2D eigenvalue weighted by atomic mass is 10.0. The number of nitrogens with zero attached hydrogens (tertiary/aromatic N) is 1. The van der Waals surface area contributed by atoms with Gasteiger partial charge in [0.15, 0.2) is 0 Å². The summed E-state index contributed by atoms with van der Waals surface area (Å²) in [5, 5.41) is 0. The van der Waals surface area contributed by atoms with Crippen LogP contribution in [0.15, 0.2) is 0 Å². The highest BCUT2D eigenvalue weighted by atomic mass is 35.5. The van der Waals surface area contributed by atoms with E-state index in [1.807, 2.05) is 0 Å². The maximum Gasteiger partial charge on any atom is 0.0786 e. The average Bonchev–Trinajstić information content (AvgIpc) is 2.47. The third kappa shape index (κ3) is 9.79. The van der Waals surface area contributed by atoms with Crippen LogP contribution in [0.3, 0.4) is 0 Å². The van der Waals surface area contributed by atoms with Gasteiger partial charge in [-0.2, -0.15) is 0 Å². The van der Waals surface area contributed by atoms with Gasteiger partial charge in [-0.15, -0.1) is 0 Å². The third-order valence-corrected chi connectivity index (χ3v) is 5.20. The van der Waals surface area contributed by atoms with Gasteiger partial charge in [0.1, 0.15) is 0 Å². The number of unbranched alkanes of at least 4 members (excludes halogenated alkanes) is 8. The van der Waals surface area contributed by atoms with E-state index in [-0.39, 0.29) is 12.4 Å². The second-order valence-electron chi connectivity index (χ2n) is 7.13. The van der Waals surface area contributed by atoms with Crippen LogP contribution >= 0.6 is 0 Å². The molecule has 128 valence electrons. The molecule has 1 aliphatic heterocycles. The summed E-state index contributed by atoms with van der Waals surface area (Å²) in [4.78, 5) is 0. The Morgan fingerprint density at radius 2 is 1.10 bits per heavy atom. The van der Waals surface area contributed by atoms with Gasteiger partial charge in [-0.05, 0) is 38.5 Å². The second-order valence-corrected chi connectivity index (χ2v) is 7.13. The lowest BCUT2D eigenvalue weighted by Gasteiger charge is -2.41.